The number of H-pyrrole nitrogens is 1. The predicted molar refractivity (Wildman–Crippen MR) is 97.8 cm³/mol. The second-order valence-electron chi connectivity index (χ2n) is 4.96. The minimum atomic E-state index is -0.495. The van der Waals surface area contributed by atoms with Crippen LogP contribution in [0.5, 0.6) is 5.75 Å². The molecule has 0 aliphatic rings. The van der Waals surface area contributed by atoms with Crippen LogP contribution in [0.15, 0.2) is 35.5 Å². The number of hydrogen-bond donors (Lipinski definition) is 2. The molecule has 0 spiro atoms. The van der Waals surface area contributed by atoms with Crippen LogP contribution in [0, 0.1) is 10.1 Å². The average molecular weight is 380 g/mol. The van der Waals surface area contributed by atoms with E-state index in [0.717, 1.165) is 21.9 Å². The van der Waals surface area contributed by atoms with Crippen LogP contribution >= 0.6 is 23.4 Å². The van der Waals surface area contributed by atoms with Crippen LogP contribution in [0.2, 0.25) is 5.15 Å². The van der Waals surface area contributed by atoms with Crippen LogP contribution in [0.1, 0.15) is 0 Å². The molecule has 0 amide bonds. The van der Waals surface area contributed by atoms with Gasteiger partial charge in [0.05, 0.1) is 23.1 Å². The normalized spacial score (nSPS) is 10.8. The smallest absolute Gasteiger partial charge is 0.311 e. The summed E-state index contributed by atoms with van der Waals surface area (Å²) >= 11 is 7.29. The molecule has 0 bridgehead atoms. The van der Waals surface area contributed by atoms with Crippen LogP contribution in [-0.2, 0) is 0 Å². The second kappa shape index (κ2) is 7.58. The number of imidazole rings is 1. The quantitative estimate of drug-likeness (QED) is 0.212. The SMILES string of the molecule is COc1ccc2nc(SCCNc3nc(Cl)ccc3[N+](=O)[O-])[nH]c2c1. The summed E-state index contributed by atoms with van der Waals surface area (Å²) < 4.78 is 5.18. The van der Waals surface area contributed by atoms with Crippen molar-refractivity contribution < 1.29 is 9.66 Å². The number of methoxy groups -OCH3 is 1. The fraction of sp³-hybridized carbons (Fsp3) is 0.200. The van der Waals surface area contributed by atoms with Gasteiger partial charge in [0.2, 0.25) is 5.82 Å². The van der Waals surface area contributed by atoms with Gasteiger partial charge in [0.15, 0.2) is 5.16 Å². The summed E-state index contributed by atoms with van der Waals surface area (Å²) in [5.41, 5.74) is 1.63. The number of nitrogens with one attached hydrogen (secondary N) is 2. The molecule has 0 saturated heterocycles. The van der Waals surface area contributed by atoms with E-state index in [1.54, 1.807) is 7.11 Å². The highest BCUT2D eigenvalue weighted by Crippen LogP contribution is 2.25. The van der Waals surface area contributed by atoms with Gasteiger partial charge in [0, 0.05) is 24.4 Å². The highest BCUT2D eigenvalue weighted by molar-refractivity contribution is 7.99. The number of pyridine rings is 1. The number of rotatable bonds is 7. The maximum atomic E-state index is 11.0. The zero-order chi connectivity index (χ0) is 17.8. The van der Waals surface area contributed by atoms with Crippen LogP contribution < -0.4 is 10.1 Å². The van der Waals surface area contributed by atoms with Crippen molar-refractivity contribution >= 4 is 45.9 Å². The molecule has 3 rings (SSSR count). The van der Waals surface area contributed by atoms with Crippen molar-refractivity contribution in [2.75, 3.05) is 24.7 Å². The van der Waals surface area contributed by atoms with Gasteiger partial charge in [0.25, 0.3) is 0 Å². The van der Waals surface area contributed by atoms with Crippen molar-refractivity contribution in [3.63, 3.8) is 0 Å². The number of thioether (sulfide) groups is 1. The van der Waals surface area contributed by atoms with E-state index in [9.17, 15) is 10.1 Å². The van der Waals surface area contributed by atoms with Crippen LogP contribution in [0.25, 0.3) is 11.0 Å². The third-order valence-corrected chi connectivity index (χ3v) is 4.42. The number of fused-ring (bicyclic) bond motifs is 1. The zero-order valence-corrected chi connectivity index (χ0v) is 14.7. The minimum Gasteiger partial charge on any atom is -0.497 e. The van der Waals surface area contributed by atoms with Crippen molar-refractivity contribution in [3.8, 4) is 5.75 Å². The number of aromatic nitrogens is 3. The van der Waals surface area contributed by atoms with E-state index in [2.05, 4.69) is 20.3 Å². The molecule has 0 aliphatic heterocycles. The Kier molecular flexibility index (Phi) is 5.25. The molecule has 0 fully saturated rings. The molecule has 2 heterocycles. The lowest BCUT2D eigenvalue weighted by Gasteiger charge is -2.05. The van der Waals surface area contributed by atoms with Gasteiger partial charge in [0.1, 0.15) is 10.9 Å². The van der Waals surface area contributed by atoms with E-state index in [1.807, 2.05) is 18.2 Å². The van der Waals surface area contributed by atoms with Gasteiger partial charge in [-0.05, 0) is 18.2 Å². The van der Waals surface area contributed by atoms with Crippen molar-refractivity contribution in [3.05, 3.63) is 45.6 Å². The number of hydrogen-bond acceptors (Lipinski definition) is 7. The monoisotopic (exact) mass is 379 g/mol. The largest absolute Gasteiger partial charge is 0.497 e. The molecule has 8 nitrogen and oxygen atoms in total. The molecule has 2 N–H and O–H groups in total. The fourth-order valence-corrected chi connectivity index (χ4v) is 3.07. The van der Waals surface area contributed by atoms with Crippen molar-refractivity contribution in [1.29, 1.82) is 0 Å². The number of ether oxygens (including phenoxy) is 1. The molecule has 25 heavy (non-hydrogen) atoms. The molecule has 0 unspecified atom stereocenters. The first-order valence-corrected chi connectivity index (χ1v) is 8.64. The van der Waals surface area contributed by atoms with Gasteiger partial charge in [-0.15, -0.1) is 0 Å². The molecular formula is C15H14ClN5O3S. The van der Waals surface area contributed by atoms with E-state index in [4.69, 9.17) is 16.3 Å². The molecule has 2 aromatic heterocycles. The van der Waals surface area contributed by atoms with Crippen molar-refractivity contribution in [2.45, 2.75) is 5.16 Å². The maximum absolute atomic E-state index is 11.0. The first-order chi connectivity index (χ1) is 12.1. The second-order valence-corrected chi connectivity index (χ2v) is 6.43. The van der Waals surface area contributed by atoms with Gasteiger partial charge >= 0.3 is 5.69 Å². The standard InChI is InChI=1S/C15H14ClN5O3S/c1-24-9-2-3-10-11(8-9)19-15(18-10)25-7-6-17-14-12(21(22)23)4-5-13(16)20-14/h2-5,8H,6-7H2,1H3,(H,17,20)(H,18,19). The molecule has 0 aliphatic carbocycles. The van der Waals surface area contributed by atoms with Crippen LogP contribution in [-0.4, -0.2) is 39.3 Å². The predicted octanol–water partition coefficient (Wildman–Crippen LogP) is 3.73. The molecule has 1 aromatic carbocycles. The summed E-state index contributed by atoms with van der Waals surface area (Å²) in [7, 11) is 1.61. The number of nitro groups is 1. The van der Waals surface area contributed by atoms with Gasteiger partial charge in [-0.1, -0.05) is 23.4 Å². The zero-order valence-electron chi connectivity index (χ0n) is 13.2. The van der Waals surface area contributed by atoms with Gasteiger partial charge < -0.3 is 15.0 Å². The van der Waals surface area contributed by atoms with E-state index in [-0.39, 0.29) is 16.7 Å². The Labute approximate surface area is 152 Å². The molecule has 130 valence electrons. The Morgan fingerprint density at radius 1 is 1.36 bits per heavy atom. The summed E-state index contributed by atoms with van der Waals surface area (Å²) in [6.45, 7) is 0.471. The molecule has 3 aromatic rings. The first kappa shape index (κ1) is 17.3. The molecule has 10 heteroatoms. The Morgan fingerprint density at radius 2 is 2.20 bits per heavy atom. The summed E-state index contributed by atoms with van der Waals surface area (Å²) in [5, 5.41) is 14.9. The van der Waals surface area contributed by atoms with Gasteiger partial charge in [-0.3, -0.25) is 10.1 Å². The Bertz CT molecular complexity index is 917. The maximum Gasteiger partial charge on any atom is 0.311 e. The Hall–Kier alpha value is -2.52. The number of nitrogens with zero attached hydrogens (tertiary/aromatic N) is 3. The molecule has 0 radical (unpaired) electrons. The summed E-state index contributed by atoms with van der Waals surface area (Å²) in [4.78, 5) is 22.1. The topological polar surface area (TPSA) is 106 Å². The van der Waals surface area contributed by atoms with E-state index < -0.39 is 4.92 Å². The summed E-state index contributed by atoms with van der Waals surface area (Å²) in [6.07, 6.45) is 0. The van der Waals surface area contributed by atoms with Gasteiger partial charge in [-0.2, -0.15) is 0 Å². The summed E-state index contributed by atoms with van der Waals surface area (Å²) in [5.74, 6) is 1.56. The van der Waals surface area contributed by atoms with Crippen molar-refractivity contribution in [1.82, 2.24) is 15.0 Å². The van der Waals surface area contributed by atoms with Gasteiger partial charge in [-0.25, -0.2) is 9.97 Å². The van der Waals surface area contributed by atoms with E-state index in [0.29, 0.717) is 12.3 Å². The van der Waals surface area contributed by atoms with Crippen LogP contribution in [0.3, 0.4) is 0 Å². The fourth-order valence-electron chi connectivity index (χ4n) is 2.18. The molecule has 0 saturated carbocycles. The third-order valence-electron chi connectivity index (χ3n) is 3.34. The van der Waals surface area contributed by atoms with E-state index in [1.165, 1.54) is 23.9 Å². The summed E-state index contributed by atoms with van der Waals surface area (Å²) in [6, 6.07) is 8.33. The average Bonchev–Trinajstić information content (AvgIpc) is 3.00. The third kappa shape index (κ3) is 4.12. The minimum absolute atomic E-state index is 0.106. The number of anilines is 1. The van der Waals surface area contributed by atoms with Crippen LogP contribution in [0.4, 0.5) is 11.5 Å². The highest BCUT2D eigenvalue weighted by atomic mass is 35.5. The highest BCUT2D eigenvalue weighted by Gasteiger charge is 2.15. The van der Waals surface area contributed by atoms with E-state index >= 15 is 0 Å². The lowest BCUT2D eigenvalue weighted by Crippen LogP contribution is -2.08. The number of halogens is 1. The molecule has 0 atom stereocenters. The Balaban J connectivity index is 1.60. The number of aromatic amines is 1. The number of benzene rings is 1. The lowest BCUT2D eigenvalue weighted by atomic mass is 10.3. The molecular weight excluding hydrogens is 366 g/mol. The lowest BCUT2D eigenvalue weighted by molar-refractivity contribution is -0.384. The first-order valence-electron chi connectivity index (χ1n) is 7.28. The van der Waals surface area contributed by atoms with Crippen molar-refractivity contribution in [2.24, 2.45) is 0 Å². The Morgan fingerprint density at radius 3 is 2.96 bits per heavy atom.